The van der Waals surface area contributed by atoms with Crippen LogP contribution in [-0.2, 0) is 6.54 Å². The normalized spacial score (nSPS) is 19.7. The molecule has 0 radical (unpaired) electrons. The van der Waals surface area contributed by atoms with E-state index in [4.69, 9.17) is 4.52 Å². The minimum absolute atomic E-state index is 0.0216. The Morgan fingerprint density at radius 1 is 1.58 bits per heavy atom. The number of nitrogens with zero attached hydrogens (tertiary/aromatic N) is 2. The molecule has 1 aliphatic rings. The predicted octanol–water partition coefficient (Wildman–Crippen LogP) is 2.78. The van der Waals surface area contributed by atoms with E-state index in [9.17, 15) is 4.79 Å². The van der Waals surface area contributed by atoms with Gasteiger partial charge in [0.15, 0.2) is 0 Å². The molecule has 0 unspecified atom stereocenters. The van der Waals surface area contributed by atoms with Gasteiger partial charge >= 0.3 is 6.03 Å². The molecule has 106 valence electrons. The molecule has 0 aromatic carbocycles. The van der Waals surface area contributed by atoms with Crippen LogP contribution in [0.5, 0.6) is 0 Å². The Morgan fingerprint density at radius 2 is 2.42 bits per heavy atom. The highest BCUT2D eigenvalue weighted by Gasteiger charge is 2.26. The molecule has 1 N–H and O–H groups in total. The van der Waals surface area contributed by atoms with Crippen molar-refractivity contribution in [3.8, 4) is 0 Å². The van der Waals surface area contributed by atoms with Crippen LogP contribution in [0, 0.1) is 5.92 Å². The molecular weight excluding hydrogens is 242 g/mol. The molecule has 1 aromatic rings. The molecule has 1 saturated heterocycles. The Balaban J connectivity index is 1.87. The van der Waals surface area contributed by atoms with E-state index in [-0.39, 0.29) is 6.03 Å². The van der Waals surface area contributed by atoms with Crippen molar-refractivity contribution in [1.29, 1.82) is 0 Å². The Hall–Kier alpha value is -1.52. The lowest BCUT2D eigenvalue weighted by Gasteiger charge is -2.36. The van der Waals surface area contributed by atoms with Crippen LogP contribution >= 0.6 is 0 Å². The highest BCUT2D eigenvalue weighted by molar-refractivity contribution is 5.74. The Bertz CT molecular complexity index is 389. The van der Waals surface area contributed by atoms with Crippen LogP contribution in [0.15, 0.2) is 16.9 Å². The zero-order valence-electron chi connectivity index (χ0n) is 11.8. The minimum Gasteiger partial charge on any atom is -0.364 e. The van der Waals surface area contributed by atoms with Crippen molar-refractivity contribution in [3.05, 3.63) is 18.0 Å². The molecule has 5 heteroatoms. The van der Waals surface area contributed by atoms with Gasteiger partial charge in [-0.2, -0.15) is 0 Å². The third-order valence-corrected chi connectivity index (χ3v) is 3.54. The van der Waals surface area contributed by atoms with Crippen molar-refractivity contribution in [2.24, 2.45) is 5.92 Å². The van der Waals surface area contributed by atoms with Crippen molar-refractivity contribution in [1.82, 2.24) is 15.4 Å². The van der Waals surface area contributed by atoms with Crippen LogP contribution in [0.2, 0.25) is 0 Å². The number of nitrogens with one attached hydrogen (secondary N) is 1. The largest absolute Gasteiger partial charge is 0.364 e. The van der Waals surface area contributed by atoms with Crippen LogP contribution in [0.3, 0.4) is 0 Å². The molecule has 1 fully saturated rings. The van der Waals surface area contributed by atoms with Crippen molar-refractivity contribution in [2.45, 2.75) is 52.1 Å². The van der Waals surface area contributed by atoms with E-state index in [1.807, 2.05) is 4.90 Å². The summed E-state index contributed by atoms with van der Waals surface area (Å²) in [6, 6.07) is 2.17. The zero-order chi connectivity index (χ0) is 13.7. The second-order valence-electron chi connectivity index (χ2n) is 5.62. The lowest BCUT2D eigenvalue weighted by atomic mass is 9.94. The van der Waals surface area contributed by atoms with Crippen LogP contribution in [0.25, 0.3) is 0 Å². The van der Waals surface area contributed by atoms with Gasteiger partial charge in [0.2, 0.25) is 0 Å². The predicted molar refractivity (Wildman–Crippen MR) is 72.5 cm³/mol. The van der Waals surface area contributed by atoms with E-state index in [1.54, 1.807) is 6.07 Å². The molecule has 2 rings (SSSR count). The van der Waals surface area contributed by atoms with Crippen molar-refractivity contribution < 1.29 is 9.32 Å². The fourth-order valence-corrected chi connectivity index (χ4v) is 2.65. The van der Waals surface area contributed by atoms with Gasteiger partial charge in [-0.05, 0) is 31.6 Å². The number of rotatable bonds is 4. The quantitative estimate of drug-likeness (QED) is 0.910. The maximum Gasteiger partial charge on any atom is 0.317 e. The van der Waals surface area contributed by atoms with Crippen LogP contribution in [0.1, 0.15) is 45.2 Å². The van der Waals surface area contributed by atoms with E-state index in [0.29, 0.717) is 18.5 Å². The number of piperidine rings is 1. The summed E-state index contributed by atoms with van der Waals surface area (Å²) < 4.78 is 4.75. The molecule has 5 nitrogen and oxygen atoms in total. The SMILES string of the molecule is CC(C)C[C@@H]1CCCCN1C(=O)NCc1ccon1. The van der Waals surface area contributed by atoms with Gasteiger partial charge in [-0.15, -0.1) is 0 Å². The molecule has 0 bridgehead atoms. The summed E-state index contributed by atoms with van der Waals surface area (Å²) in [6.45, 7) is 5.71. The van der Waals surface area contributed by atoms with Gasteiger partial charge < -0.3 is 14.7 Å². The first-order valence-electron chi connectivity index (χ1n) is 7.10. The monoisotopic (exact) mass is 265 g/mol. The Morgan fingerprint density at radius 3 is 3.11 bits per heavy atom. The van der Waals surface area contributed by atoms with Crippen molar-refractivity contribution >= 4 is 6.03 Å². The number of carbonyl (C=O) groups is 1. The molecule has 2 amide bonds. The first kappa shape index (κ1) is 13.9. The van der Waals surface area contributed by atoms with Gasteiger partial charge in [0.05, 0.1) is 6.54 Å². The molecule has 0 aliphatic carbocycles. The van der Waals surface area contributed by atoms with E-state index in [0.717, 1.165) is 31.5 Å². The summed E-state index contributed by atoms with van der Waals surface area (Å²) in [4.78, 5) is 14.2. The number of hydrogen-bond acceptors (Lipinski definition) is 3. The van der Waals surface area contributed by atoms with Gasteiger partial charge in [0, 0.05) is 18.7 Å². The fourth-order valence-electron chi connectivity index (χ4n) is 2.65. The van der Waals surface area contributed by atoms with Crippen molar-refractivity contribution in [3.63, 3.8) is 0 Å². The molecule has 1 atom stereocenters. The molecule has 2 heterocycles. The number of carbonyl (C=O) groups excluding carboxylic acids is 1. The van der Waals surface area contributed by atoms with E-state index < -0.39 is 0 Å². The third kappa shape index (κ3) is 3.98. The first-order chi connectivity index (χ1) is 9.16. The smallest absolute Gasteiger partial charge is 0.317 e. The summed E-state index contributed by atoms with van der Waals surface area (Å²) >= 11 is 0. The number of hydrogen-bond donors (Lipinski definition) is 1. The van der Waals surface area contributed by atoms with Gasteiger partial charge in [-0.25, -0.2) is 4.79 Å². The lowest BCUT2D eigenvalue weighted by molar-refractivity contribution is 0.139. The topological polar surface area (TPSA) is 58.4 Å². The third-order valence-electron chi connectivity index (χ3n) is 3.54. The molecular formula is C14H23N3O2. The standard InChI is InChI=1S/C14H23N3O2/c1-11(2)9-13-5-3-4-7-17(13)14(18)15-10-12-6-8-19-16-12/h6,8,11,13H,3-5,7,9-10H2,1-2H3,(H,15,18)/t13-/m0/s1. The first-order valence-corrected chi connectivity index (χ1v) is 7.10. The second kappa shape index (κ2) is 6.59. The summed E-state index contributed by atoms with van der Waals surface area (Å²) in [5.41, 5.74) is 0.755. The van der Waals surface area contributed by atoms with Gasteiger partial charge in [-0.1, -0.05) is 19.0 Å². The maximum atomic E-state index is 12.2. The van der Waals surface area contributed by atoms with Gasteiger partial charge in [0.1, 0.15) is 12.0 Å². The minimum atomic E-state index is 0.0216. The highest BCUT2D eigenvalue weighted by Crippen LogP contribution is 2.22. The molecule has 19 heavy (non-hydrogen) atoms. The van der Waals surface area contributed by atoms with Crippen molar-refractivity contribution in [2.75, 3.05) is 6.54 Å². The molecule has 0 saturated carbocycles. The van der Waals surface area contributed by atoms with Gasteiger partial charge in [0.25, 0.3) is 0 Å². The van der Waals surface area contributed by atoms with Crippen LogP contribution in [0.4, 0.5) is 4.79 Å². The number of urea groups is 1. The molecule has 1 aliphatic heterocycles. The van der Waals surface area contributed by atoms with E-state index in [2.05, 4.69) is 24.3 Å². The van der Waals surface area contributed by atoms with Crippen LogP contribution < -0.4 is 5.32 Å². The summed E-state index contributed by atoms with van der Waals surface area (Å²) in [5, 5.41) is 6.71. The highest BCUT2D eigenvalue weighted by atomic mass is 16.5. The molecule has 0 spiro atoms. The fraction of sp³-hybridized carbons (Fsp3) is 0.714. The second-order valence-corrected chi connectivity index (χ2v) is 5.62. The van der Waals surface area contributed by atoms with E-state index >= 15 is 0 Å². The molecule has 1 aromatic heterocycles. The average Bonchev–Trinajstić information content (AvgIpc) is 2.89. The summed E-state index contributed by atoms with van der Waals surface area (Å²) in [5.74, 6) is 0.619. The van der Waals surface area contributed by atoms with E-state index in [1.165, 1.54) is 12.7 Å². The number of aromatic nitrogens is 1. The Labute approximate surface area is 114 Å². The zero-order valence-corrected chi connectivity index (χ0v) is 11.8. The summed E-state index contributed by atoms with van der Waals surface area (Å²) in [6.07, 6.45) is 6.05. The van der Waals surface area contributed by atoms with Gasteiger partial charge in [-0.3, -0.25) is 0 Å². The van der Waals surface area contributed by atoms with Crippen LogP contribution in [-0.4, -0.2) is 28.7 Å². The summed E-state index contributed by atoms with van der Waals surface area (Å²) in [7, 11) is 0. The maximum absolute atomic E-state index is 12.2. The lowest BCUT2D eigenvalue weighted by Crippen LogP contribution is -2.48. The Kier molecular flexibility index (Phi) is 4.82. The average molecular weight is 265 g/mol. The number of amides is 2. The number of likely N-dealkylation sites (tertiary alicyclic amines) is 1.